The average molecular weight is 209 g/mol. The van der Waals surface area contributed by atoms with E-state index in [0.717, 1.165) is 13.3 Å². The number of hydrogen-bond acceptors (Lipinski definition) is 4. The van der Waals surface area contributed by atoms with Gasteiger partial charge in [0.15, 0.2) is 5.69 Å². The molecule has 0 saturated carbocycles. The lowest BCUT2D eigenvalue weighted by Gasteiger charge is -2.03. The highest BCUT2D eigenvalue weighted by Gasteiger charge is 2.29. The standard InChI is InChI=1S/C6H6F3N3O2/c1-14-5(13)4-2-12(11-10-4)3-6(7,8)9/h2H,3H2,1H3. The Kier molecular flexibility index (Phi) is 2.73. The highest BCUT2D eigenvalue weighted by atomic mass is 19.4. The van der Waals surface area contributed by atoms with E-state index in [0.29, 0.717) is 4.68 Å². The third-order valence-corrected chi connectivity index (χ3v) is 1.27. The summed E-state index contributed by atoms with van der Waals surface area (Å²) in [5.41, 5.74) is -0.253. The van der Waals surface area contributed by atoms with Crippen LogP contribution in [0.5, 0.6) is 0 Å². The third kappa shape index (κ3) is 2.71. The molecule has 0 aliphatic rings. The molecule has 0 aromatic carbocycles. The SMILES string of the molecule is COC(=O)c1cn(CC(F)(F)F)nn1. The summed E-state index contributed by atoms with van der Waals surface area (Å²) >= 11 is 0. The van der Waals surface area contributed by atoms with Gasteiger partial charge in [0.1, 0.15) is 6.54 Å². The summed E-state index contributed by atoms with van der Waals surface area (Å²) < 4.78 is 40.3. The smallest absolute Gasteiger partial charge is 0.408 e. The lowest BCUT2D eigenvalue weighted by Crippen LogP contribution is -2.18. The molecule has 5 nitrogen and oxygen atoms in total. The maximum atomic E-state index is 11.8. The van der Waals surface area contributed by atoms with Gasteiger partial charge in [-0.1, -0.05) is 5.21 Å². The fraction of sp³-hybridized carbons (Fsp3) is 0.500. The van der Waals surface area contributed by atoms with Crippen molar-refractivity contribution in [2.45, 2.75) is 12.7 Å². The van der Waals surface area contributed by atoms with Gasteiger partial charge in [0, 0.05) is 0 Å². The molecule has 8 heteroatoms. The summed E-state index contributed by atoms with van der Waals surface area (Å²) in [5, 5.41) is 6.33. The molecule has 1 heterocycles. The third-order valence-electron chi connectivity index (χ3n) is 1.27. The van der Waals surface area contributed by atoms with Crippen molar-refractivity contribution >= 4 is 5.97 Å². The molecule has 0 spiro atoms. The van der Waals surface area contributed by atoms with Crippen molar-refractivity contribution in [2.75, 3.05) is 7.11 Å². The minimum absolute atomic E-state index is 0.253. The molecular weight excluding hydrogens is 203 g/mol. The molecule has 0 radical (unpaired) electrons. The number of esters is 1. The van der Waals surface area contributed by atoms with E-state index < -0.39 is 18.7 Å². The van der Waals surface area contributed by atoms with E-state index in [2.05, 4.69) is 15.0 Å². The minimum atomic E-state index is -4.39. The van der Waals surface area contributed by atoms with Crippen molar-refractivity contribution in [2.24, 2.45) is 0 Å². The van der Waals surface area contributed by atoms with Gasteiger partial charge in [-0.25, -0.2) is 9.48 Å². The number of rotatable bonds is 2. The van der Waals surface area contributed by atoms with Crippen LogP contribution in [-0.2, 0) is 11.3 Å². The molecule has 14 heavy (non-hydrogen) atoms. The highest BCUT2D eigenvalue weighted by Crippen LogP contribution is 2.16. The van der Waals surface area contributed by atoms with Crippen LogP contribution >= 0.6 is 0 Å². The molecule has 0 atom stereocenters. The van der Waals surface area contributed by atoms with Crippen LogP contribution in [0.4, 0.5) is 13.2 Å². The Labute approximate surface area is 76.5 Å². The molecule has 0 aliphatic carbocycles. The first-order chi connectivity index (χ1) is 6.42. The Balaban J connectivity index is 2.74. The van der Waals surface area contributed by atoms with Crippen molar-refractivity contribution in [3.8, 4) is 0 Å². The summed E-state index contributed by atoms with van der Waals surface area (Å²) in [6.07, 6.45) is -3.51. The molecule has 78 valence electrons. The van der Waals surface area contributed by atoms with Gasteiger partial charge in [-0.2, -0.15) is 13.2 Å². The van der Waals surface area contributed by atoms with Crippen LogP contribution in [0.3, 0.4) is 0 Å². The van der Waals surface area contributed by atoms with E-state index >= 15 is 0 Å². The number of aromatic nitrogens is 3. The summed E-state index contributed by atoms with van der Waals surface area (Å²) in [6, 6.07) is 0. The number of hydrogen-bond donors (Lipinski definition) is 0. The van der Waals surface area contributed by atoms with Gasteiger partial charge < -0.3 is 4.74 Å². The lowest BCUT2D eigenvalue weighted by atomic mass is 10.5. The zero-order valence-corrected chi connectivity index (χ0v) is 7.08. The number of alkyl halides is 3. The molecule has 0 aliphatic heterocycles. The van der Waals surface area contributed by atoms with Gasteiger partial charge in [-0.05, 0) is 0 Å². The van der Waals surface area contributed by atoms with Gasteiger partial charge in [0.25, 0.3) is 0 Å². The van der Waals surface area contributed by atoms with Crippen LogP contribution < -0.4 is 0 Å². The van der Waals surface area contributed by atoms with Gasteiger partial charge in [0.2, 0.25) is 0 Å². The maximum absolute atomic E-state index is 11.8. The molecule has 0 N–H and O–H groups in total. The van der Waals surface area contributed by atoms with Gasteiger partial charge in [-0.15, -0.1) is 5.10 Å². The molecule has 1 aromatic heterocycles. The van der Waals surface area contributed by atoms with E-state index in [1.807, 2.05) is 0 Å². The van der Waals surface area contributed by atoms with Crippen molar-refractivity contribution in [1.29, 1.82) is 0 Å². The van der Waals surface area contributed by atoms with Crippen LogP contribution in [0.2, 0.25) is 0 Å². The molecule has 0 bridgehead atoms. The zero-order valence-electron chi connectivity index (χ0n) is 7.08. The Morgan fingerprint density at radius 2 is 2.29 bits per heavy atom. The van der Waals surface area contributed by atoms with E-state index in [1.54, 1.807) is 0 Å². The average Bonchev–Trinajstić information content (AvgIpc) is 2.48. The van der Waals surface area contributed by atoms with E-state index in [1.165, 1.54) is 0 Å². The Morgan fingerprint density at radius 3 is 2.79 bits per heavy atom. The molecule has 1 rings (SSSR count). The van der Waals surface area contributed by atoms with Crippen LogP contribution in [-0.4, -0.2) is 34.2 Å². The molecule has 0 saturated heterocycles. The number of halogens is 3. The second-order valence-electron chi connectivity index (χ2n) is 2.41. The Bertz CT molecular complexity index is 333. The first kappa shape index (κ1) is 10.5. The van der Waals surface area contributed by atoms with Crippen LogP contribution in [0, 0.1) is 0 Å². The van der Waals surface area contributed by atoms with Crippen molar-refractivity contribution < 1.29 is 22.7 Å². The molecule has 1 aromatic rings. The summed E-state index contributed by atoms with van der Waals surface area (Å²) in [6.45, 7) is -1.28. The molecule has 0 fully saturated rings. The first-order valence-corrected chi connectivity index (χ1v) is 3.47. The second kappa shape index (κ2) is 3.64. The Hall–Kier alpha value is -1.60. The highest BCUT2D eigenvalue weighted by molar-refractivity contribution is 5.86. The van der Waals surface area contributed by atoms with E-state index in [-0.39, 0.29) is 5.69 Å². The topological polar surface area (TPSA) is 57.0 Å². The summed E-state index contributed by atoms with van der Waals surface area (Å²) in [7, 11) is 1.10. The molecule has 0 unspecified atom stereocenters. The predicted octanol–water partition coefficient (Wildman–Crippen LogP) is 0.627. The van der Waals surface area contributed by atoms with Crippen molar-refractivity contribution in [3.05, 3.63) is 11.9 Å². The van der Waals surface area contributed by atoms with Crippen LogP contribution in [0.1, 0.15) is 10.5 Å². The Morgan fingerprint density at radius 1 is 1.64 bits per heavy atom. The van der Waals surface area contributed by atoms with Gasteiger partial charge in [0.05, 0.1) is 13.3 Å². The number of methoxy groups -OCH3 is 1. The van der Waals surface area contributed by atoms with Crippen molar-refractivity contribution in [1.82, 2.24) is 15.0 Å². The quantitative estimate of drug-likeness (QED) is 0.670. The largest absolute Gasteiger partial charge is 0.464 e. The number of nitrogens with zero attached hydrogens (tertiary/aromatic N) is 3. The van der Waals surface area contributed by atoms with Gasteiger partial charge >= 0.3 is 12.1 Å². The molecule has 0 amide bonds. The minimum Gasteiger partial charge on any atom is -0.464 e. The fourth-order valence-electron chi connectivity index (χ4n) is 0.757. The zero-order chi connectivity index (χ0) is 10.8. The molecular formula is C6H6F3N3O2. The van der Waals surface area contributed by atoms with E-state index in [4.69, 9.17) is 0 Å². The normalized spacial score (nSPS) is 11.4. The number of carbonyl (C=O) groups excluding carboxylic acids is 1. The monoisotopic (exact) mass is 209 g/mol. The van der Waals surface area contributed by atoms with Gasteiger partial charge in [-0.3, -0.25) is 0 Å². The number of ether oxygens (including phenoxy) is 1. The second-order valence-corrected chi connectivity index (χ2v) is 2.41. The predicted molar refractivity (Wildman–Crippen MR) is 37.4 cm³/mol. The lowest BCUT2D eigenvalue weighted by molar-refractivity contribution is -0.142. The fourth-order valence-corrected chi connectivity index (χ4v) is 0.757. The van der Waals surface area contributed by atoms with Crippen LogP contribution in [0.15, 0.2) is 6.20 Å². The number of carbonyl (C=O) groups is 1. The summed E-state index contributed by atoms with van der Waals surface area (Å²) in [5.74, 6) is -0.821. The first-order valence-electron chi connectivity index (χ1n) is 3.47. The maximum Gasteiger partial charge on any atom is 0.408 e. The van der Waals surface area contributed by atoms with Crippen LogP contribution in [0.25, 0.3) is 0 Å². The van der Waals surface area contributed by atoms with E-state index in [9.17, 15) is 18.0 Å². The summed E-state index contributed by atoms with van der Waals surface area (Å²) in [4.78, 5) is 10.8. The van der Waals surface area contributed by atoms with Crippen molar-refractivity contribution in [3.63, 3.8) is 0 Å².